The van der Waals surface area contributed by atoms with Crippen molar-refractivity contribution in [1.29, 1.82) is 0 Å². The van der Waals surface area contributed by atoms with E-state index in [0.717, 1.165) is 11.3 Å². The molecule has 0 aliphatic heterocycles. The standard InChI is InChI=1S/C23H16N4O5S/c1-2-31-15-9-7-14(8-10-15)21-24-23-26(25-21)22(28)20(33-23)13-16-11-12-19(32-16)17-5-3-4-6-18(17)27(29)30/h3-13H,2H2,1H3/b20-13+. The summed E-state index contributed by atoms with van der Waals surface area (Å²) in [7, 11) is 0. The zero-order chi connectivity index (χ0) is 22.9. The maximum absolute atomic E-state index is 12.8. The van der Waals surface area contributed by atoms with Crippen molar-refractivity contribution < 1.29 is 14.1 Å². The maximum atomic E-state index is 12.8. The largest absolute Gasteiger partial charge is 0.494 e. The number of ether oxygens (including phenoxy) is 1. The van der Waals surface area contributed by atoms with E-state index >= 15 is 0 Å². The van der Waals surface area contributed by atoms with Gasteiger partial charge in [-0.2, -0.15) is 9.50 Å². The van der Waals surface area contributed by atoms with Crippen LogP contribution in [0, 0.1) is 10.1 Å². The number of hydrogen-bond donors (Lipinski definition) is 0. The second-order valence-corrected chi connectivity index (χ2v) is 7.99. The molecule has 0 N–H and O–H groups in total. The predicted molar refractivity (Wildman–Crippen MR) is 123 cm³/mol. The average Bonchev–Trinajstić information content (AvgIpc) is 3.52. The molecule has 5 rings (SSSR count). The van der Waals surface area contributed by atoms with Gasteiger partial charge in [0.2, 0.25) is 4.96 Å². The summed E-state index contributed by atoms with van der Waals surface area (Å²) in [5.74, 6) is 1.95. The zero-order valence-corrected chi connectivity index (χ0v) is 18.1. The van der Waals surface area contributed by atoms with E-state index in [4.69, 9.17) is 9.15 Å². The molecule has 33 heavy (non-hydrogen) atoms. The second-order valence-electron chi connectivity index (χ2n) is 6.98. The highest BCUT2D eigenvalue weighted by atomic mass is 32.1. The van der Waals surface area contributed by atoms with Gasteiger partial charge >= 0.3 is 0 Å². The summed E-state index contributed by atoms with van der Waals surface area (Å²) >= 11 is 1.19. The zero-order valence-electron chi connectivity index (χ0n) is 17.3. The molecule has 0 radical (unpaired) electrons. The molecule has 0 atom stereocenters. The molecule has 0 spiro atoms. The summed E-state index contributed by atoms with van der Waals surface area (Å²) in [4.78, 5) is 28.6. The van der Waals surface area contributed by atoms with Crippen LogP contribution in [0.25, 0.3) is 33.7 Å². The van der Waals surface area contributed by atoms with Crippen LogP contribution < -0.4 is 14.8 Å². The Morgan fingerprint density at radius 3 is 2.67 bits per heavy atom. The third-order valence-electron chi connectivity index (χ3n) is 4.87. The van der Waals surface area contributed by atoms with Gasteiger partial charge < -0.3 is 9.15 Å². The summed E-state index contributed by atoms with van der Waals surface area (Å²) in [6.07, 6.45) is 1.58. The Morgan fingerprint density at radius 1 is 1.15 bits per heavy atom. The summed E-state index contributed by atoms with van der Waals surface area (Å²) in [6.45, 7) is 2.49. The van der Waals surface area contributed by atoms with Gasteiger partial charge in [0.15, 0.2) is 5.82 Å². The Bertz CT molecular complexity index is 1580. The number of rotatable bonds is 6. The van der Waals surface area contributed by atoms with Crippen molar-refractivity contribution in [3.8, 4) is 28.5 Å². The number of benzene rings is 2. The van der Waals surface area contributed by atoms with E-state index in [0.29, 0.717) is 39.0 Å². The molecule has 0 unspecified atom stereocenters. The van der Waals surface area contributed by atoms with Gasteiger partial charge in [-0.05, 0) is 49.4 Å². The van der Waals surface area contributed by atoms with Crippen LogP contribution in [0.2, 0.25) is 0 Å². The van der Waals surface area contributed by atoms with Gasteiger partial charge in [0, 0.05) is 17.7 Å². The number of nitro groups is 1. The molecular formula is C23H16N4O5S. The maximum Gasteiger partial charge on any atom is 0.291 e. The van der Waals surface area contributed by atoms with Gasteiger partial charge in [-0.25, -0.2) is 0 Å². The lowest BCUT2D eigenvalue weighted by Crippen LogP contribution is -2.23. The first kappa shape index (κ1) is 20.6. The highest BCUT2D eigenvalue weighted by Gasteiger charge is 2.17. The van der Waals surface area contributed by atoms with Gasteiger partial charge in [0.25, 0.3) is 11.2 Å². The fourth-order valence-corrected chi connectivity index (χ4v) is 4.26. The number of para-hydroxylation sites is 1. The quantitative estimate of drug-likeness (QED) is 0.279. The van der Waals surface area contributed by atoms with Crippen molar-refractivity contribution in [3.05, 3.63) is 91.4 Å². The van der Waals surface area contributed by atoms with E-state index in [-0.39, 0.29) is 11.2 Å². The van der Waals surface area contributed by atoms with Gasteiger partial charge in [-0.3, -0.25) is 14.9 Å². The summed E-state index contributed by atoms with van der Waals surface area (Å²) in [6, 6.07) is 17.0. The first-order valence-corrected chi connectivity index (χ1v) is 10.8. The Balaban J connectivity index is 1.47. The number of aromatic nitrogens is 3. The molecule has 10 heteroatoms. The molecule has 0 saturated carbocycles. The molecule has 0 aliphatic rings. The number of nitro benzene ring substituents is 1. The van der Waals surface area contributed by atoms with Crippen LogP contribution in [-0.2, 0) is 0 Å². The lowest BCUT2D eigenvalue weighted by Gasteiger charge is -2.02. The first-order chi connectivity index (χ1) is 16.0. The lowest BCUT2D eigenvalue weighted by atomic mass is 10.1. The SMILES string of the molecule is CCOc1ccc(-c2nc3s/c(=C/c4ccc(-c5ccccc5[N+](=O)[O-])o4)c(=O)n3n2)cc1. The molecule has 3 heterocycles. The van der Waals surface area contributed by atoms with Gasteiger partial charge in [0.05, 0.1) is 17.1 Å². The third kappa shape index (κ3) is 3.87. The molecule has 2 aromatic carbocycles. The van der Waals surface area contributed by atoms with E-state index in [1.807, 2.05) is 31.2 Å². The van der Waals surface area contributed by atoms with E-state index in [2.05, 4.69) is 10.1 Å². The number of thiazole rings is 1. The van der Waals surface area contributed by atoms with Crippen LogP contribution in [0.3, 0.4) is 0 Å². The monoisotopic (exact) mass is 460 g/mol. The Kier molecular flexibility index (Phi) is 5.19. The molecule has 0 amide bonds. The van der Waals surface area contributed by atoms with Crippen molar-refractivity contribution in [2.24, 2.45) is 0 Å². The first-order valence-electron chi connectivity index (χ1n) is 10.0. The lowest BCUT2D eigenvalue weighted by molar-refractivity contribution is -0.384. The second kappa shape index (κ2) is 8.32. The number of furan rings is 1. The number of hydrogen-bond acceptors (Lipinski definition) is 8. The van der Waals surface area contributed by atoms with Crippen LogP contribution in [-0.4, -0.2) is 26.1 Å². The third-order valence-corrected chi connectivity index (χ3v) is 5.83. The number of nitrogens with zero attached hydrogens (tertiary/aromatic N) is 4. The number of fused-ring (bicyclic) bond motifs is 1. The Hall–Kier alpha value is -4.31. The van der Waals surface area contributed by atoms with E-state index in [1.165, 1.54) is 21.9 Å². The molecule has 0 bridgehead atoms. The molecule has 5 aromatic rings. The van der Waals surface area contributed by atoms with Crippen molar-refractivity contribution in [3.63, 3.8) is 0 Å². The van der Waals surface area contributed by atoms with Crippen molar-refractivity contribution in [1.82, 2.24) is 14.6 Å². The fraction of sp³-hybridized carbons (Fsp3) is 0.0870. The highest BCUT2D eigenvalue weighted by molar-refractivity contribution is 7.15. The minimum absolute atomic E-state index is 0.0523. The minimum Gasteiger partial charge on any atom is -0.494 e. The van der Waals surface area contributed by atoms with Crippen LogP contribution in [0.4, 0.5) is 5.69 Å². The predicted octanol–water partition coefficient (Wildman–Crippen LogP) is 3.93. The molecule has 0 saturated heterocycles. The summed E-state index contributed by atoms with van der Waals surface area (Å²) in [5, 5.41) is 15.6. The van der Waals surface area contributed by atoms with Gasteiger partial charge in [-0.1, -0.05) is 23.5 Å². The fourth-order valence-electron chi connectivity index (χ4n) is 3.37. The summed E-state index contributed by atoms with van der Waals surface area (Å²) in [5.41, 5.74) is 0.776. The van der Waals surface area contributed by atoms with Gasteiger partial charge in [-0.15, -0.1) is 5.10 Å². The average molecular weight is 460 g/mol. The molecule has 3 aromatic heterocycles. The highest BCUT2D eigenvalue weighted by Crippen LogP contribution is 2.31. The van der Waals surface area contributed by atoms with Gasteiger partial charge in [0.1, 0.15) is 21.8 Å². The minimum atomic E-state index is -0.459. The molecule has 164 valence electrons. The molecule has 0 fully saturated rings. The molecule has 9 nitrogen and oxygen atoms in total. The Morgan fingerprint density at radius 2 is 1.94 bits per heavy atom. The van der Waals surface area contributed by atoms with Crippen molar-refractivity contribution in [2.45, 2.75) is 6.92 Å². The van der Waals surface area contributed by atoms with Crippen molar-refractivity contribution in [2.75, 3.05) is 6.61 Å². The Labute approximate surface area is 190 Å². The van der Waals surface area contributed by atoms with Crippen LogP contribution in [0.15, 0.2) is 69.9 Å². The van der Waals surface area contributed by atoms with Crippen LogP contribution >= 0.6 is 11.3 Å². The summed E-state index contributed by atoms with van der Waals surface area (Å²) < 4.78 is 12.9. The topological polar surface area (TPSA) is 113 Å². The van der Waals surface area contributed by atoms with E-state index in [1.54, 1.807) is 36.4 Å². The molecular weight excluding hydrogens is 444 g/mol. The smallest absolute Gasteiger partial charge is 0.291 e. The van der Waals surface area contributed by atoms with Crippen LogP contribution in [0.5, 0.6) is 5.75 Å². The van der Waals surface area contributed by atoms with Crippen LogP contribution in [0.1, 0.15) is 12.7 Å². The van der Waals surface area contributed by atoms with E-state index in [9.17, 15) is 14.9 Å². The van der Waals surface area contributed by atoms with E-state index < -0.39 is 4.92 Å². The van der Waals surface area contributed by atoms with Crippen molar-refractivity contribution >= 4 is 28.1 Å². The molecule has 0 aliphatic carbocycles. The normalized spacial score (nSPS) is 11.8.